The Morgan fingerprint density at radius 3 is 2.78 bits per heavy atom. The molecule has 0 aliphatic carbocycles. The van der Waals surface area contributed by atoms with Gasteiger partial charge in [0, 0.05) is 43.5 Å². The number of aliphatic hydroxyl groups is 2. The minimum Gasteiger partial charge on any atom is -0.508 e. The van der Waals surface area contributed by atoms with Gasteiger partial charge in [-0.2, -0.15) is 0 Å². The van der Waals surface area contributed by atoms with Crippen molar-refractivity contribution in [1.82, 2.24) is 0 Å². The first-order valence-corrected chi connectivity index (χ1v) is 6.57. The monoisotopic (exact) mass is 251 g/mol. The van der Waals surface area contributed by atoms with Gasteiger partial charge in [0.2, 0.25) is 0 Å². The van der Waals surface area contributed by atoms with Crippen molar-refractivity contribution < 1.29 is 15.3 Å². The molecule has 3 N–H and O–H groups in total. The van der Waals surface area contributed by atoms with Gasteiger partial charge >= 0.3 is 0 Å². The van der Waals surface area contributed by atoms with Gasteiger partial charge in [0.1, 0.15) is 5.75 Å². The fourth-order valence-electron chi connectivity index (χ4n) is 2.80. The summed E-state index contributed by atoms with van der Waals surface area (Å²) in [6, 6.07) is 5.82. The van der Waals surface area contributed by atoms with Crippen LogP contribution in [0, 0.1) is 0 Å². The normalized spacial score (nSPS) is 19.4. The highest BCUT2D eigenvalue weighted by atomic mass is 16.3. The van der Waals surface area contributed by atoms with Crippen LogP contribution in [-0.2, 0) is 6.42 Å². The van der Waals surface area contributed by atoms with Crippen LogP contribution in [-0.4, -0.2) is 41.1 Å². The van der Waals surface area contributed by atoms with E-state index in [1.54, 1.807) is 6.07 Å². The van der Waals surface area contributed by atoms with Gasteiger partial charge in [-0.1, -0.05) is 6.07 Å². The minimum atomic E-state index is 0.0308. The maximum Gasteiger partial charge on any atom is 0.120 e. The number of aliphatic hydroxyl groups excluding tert-OH is 2. The molecule has 18 heavy (non-hydrogen) atoms. The number of benzene rings is 1. The standard InChI is InChI=1S/C14H21NO3/c16-9-6-11-3-2-8-15(11)13-4-1-5-14(18)12(13)7-10-17/h1,4-5,11,16-18H,2-3,6-10H2. The van der Waals surface area contributed by atoms with Gasteiger partial charge in [0.05, 0.1) is 0 Å². The van der Waals surface area contributed by atoms with Crippen molar-refractivity contribution in [3.63, 3.8) is 0 Å². The predicted molar refractivity (Wildman–Crippen MR) is 71.0 cm³/mol. The number of rotatable bonds is 5. The van der Waals surface area contributed by atoms with Crippen molar-refractivity contribution in [3.05, 3.63) is 23.8 Å². The van der Waals surface area contributed by atoms with Crippen LogP contribution in [0.15, 0.2) is 18.2 Å². The van der Waals surface area contributed by atoms with Crippen molar-refractivity contribution in [2.24, 2.45) is 0 Å². The number of nitrogens with zero attached hydrogens (tertiary/aromatic N) is 1. The summed E-state index contributed by atoms with van der Waals surface area (Å²) in [5, 5.41) is 28.1. The fourth-order valence-corrected chi connectivity index (χ4v) is 2.80. The first-order valence-electron chi connectivity index (χ1n) is 6.57. The number of phenols is 1. The maximum absolute atomic E-state index is 9.91. The summed E-state index contributed by atoms with van der Waals surface area (Å²) in [6.07, 6.45) is 3.41. The number of anilines is 1. The second-order valence-electron chi connectivity index (χ2n) is 4.75. The van der Waals surface area contributed by atoms with Crippen LogP contribution in [0.5, 0.6) is 5.75 Å². The second-order valence-corrected chi connectivity index (χ2v) is 4.75. The van der Waals surface area contributed by atoms with Crippen LogP contribution in [0.1, 0.15) is 24.8 Å². The van der Waals surface area contributed by atoms with Crippen LogP contribution in [0.25, 0.3) is 0 Å². The molecule has 1 aromatic carbocycles. The Bertz CT molecular complexity index is 395. The molecule has 1 heterocycles. The number of hydrogen-bond acceptors (Lipinski definition) is 4. The Balaban J connectivity index is 2.28. The Morgan fingerprint density at radius 2 is 2.06 bits per heavy atom. The zero-order valence-electron chi connectivity index (χ0n) is 10.5. The quantitative estimate of drug-likeness (QED) is 0.737. The fraction of sp³-hybridized carbons (Fsp3) is 0.571. The lowest BCUT2D eigenvalue weighted by Gasteiger charge is -2.28. The summed E-state index contributed by atoms with van der Waals surface area (Å²) in [4.78, 5) is 2.25. The third kappa shape index (κ3) is 2.60. The summed E-state index contributed by atoms with van der Waals surface area (Å²) in [5.74, 6) is 0.246. The molecular weight excluding hydrogens is 230 g/mol. The highest BCUT2D eigenvalue weighted by molar-refractivity contribution is 5.60. The molecule has 100 valence electrons. The smallest absolute Gasteiger partial charge is 0.120 e. The van der Waals surface area contributed by atoms with E-state index in [0.29, 0.717) is 12.5 Å². The van der Waals surface area contributed by atoms with Gasteiger partial charge in [-0.25, -0.2) is 0 Å². The van der Waals surface area contributed by atoms with Gasteiger partial charge in [-0.15, -0.1) is 0 Å². The molecule has 1 saturated heterocycles. The molecule has 0 amide bonds. The van der Waals surface area contributed by atoms with Crippen LogP contribution in [0.3, 0.4) is 0 Å². The molecule has 4 nitrogen and oxygen atoms in total. The van der Waals surface area contributed by atoms with Gasteiger partial charge in [-0.05, 0) is 31.4 Å². The van der Waals surface area contributed by atoms with Crippen molar-refractivity contribution in [2.45, 2.75) is 31.7 Å². The zero-order valence-corrected chi connectivity index (χ0v) is 10.5. The Kier molecular flexibility index (Phi) is 4.44. The van der Waals surface area contributed by atoms with Crippen molar-refractivity contribution in [1.29, 1.82) is 0 Å². The lowest BCUT2D eigenvalue weighted by Crippen LogP contribution is -2.30. The zero-order chi connectivity index (χ0) is 13.0. The largest absolute Gasteiger partial charge is 0.508 e. The average Bonchev–Trinajstić information content (AvgIpc) is 2.81. The van der Waals surface area contributed by atoms with Crippen LogP contribution in [0.2, 0.25) is 0 Å². The predicted octanol–water partition coefficient (Wildman–Crippen LogP) is 1.28. The molecule has 1 atom stereocenters. The first kappa shape index (κ1) is 13.2. The highest BCUT2D eigenvalue weighted by Gasteiger charge is 2.26. The van der Waals surface area contributed by atoms with Crippen molar-refractivity contribution in [3.8, 4) is 5.75 Å². The maximum atomic E-state index is 9.91. The minimum absolute atomic E-state index is 0.0308. The highest BCUT2D eigenvalue weighted by Crippen LogP contribution is 2.34. The third-order valence-electron chi connectivity index (χ3n) is 3.64. The molecule has 2 rings (SSSR count). The molecule has 1 aliphatic heterocycles. The summed E-state index contributed by atoms with van der Waals surface area (Å²) < 4.78 is 0. The number of aromatic hydroxyl groups is 1. The summed E-state index contributed by atoms with van der Waals surface area (Å²) in [7, 11) is 0. The second kappa shape index (κ2) is 6.07. The topological polar surface area (TPSA) is 63.9 Å². The van der Waals surface area contributed by atoms with Gasteiger partial charge in [0.15, 0.2) is 0 Å². The Morgan fingerprint density at radius 1 is 1.22 bits per heavy atom. The lowest BCUT2D eigenvalue weighted by molar-refractivity contribution is 0.275. The van der Waals surface area contributed by atoms with E-state index in [4.69, 9.17) is 10.2 Å². The molecule has 0 radical (unpaired) electrons. The van der Waals surface area contributed by atoms with Crippen LogP contribution >= 0.6 is 0 Å². The molecule has 1 aliphatic rings. The summed E-state index contributed by atoms with van der Waals surface area (Å²) in [6.45, 7) is 1.17. The van der Waals surface area contributed by atoms with E-state index in [2.05, 4.69) is 4.90 Å². The van der Waals surface area contributed by atoms with E-state index in [1.807, 2.05) is 12.1 Å². The Hall–Kier alpha value is -1.26. The molecule has 1 unspecified atom stereocenters. The van der Waals surface area contributed by atoms with Gasteiger partial charge in [0.25, 0.3) is 0 Å². The molecule has 1 fully saturated rings. The number of phenolic OH excluding ortho intramolecular Hbond substituents is 1. The molecule has 1 aromatic rings. The van der Waals surface area contributed by atoms with Crippen molar-refractivity contribution in [2.75, 3.05) is 24.7 Å². The van der Waals surface area contributed by atoms with E-state index in [1.165, 1.54) is 0 Å². The summed E-state index contributed by atoms with van der Waals surface area (Å²) in [5.41, 5.74) is 1.81. The molecular formula is C14H21NO3. The third-order valence-corrected chi connectivity index (χ3v) is 3.64. The van der Waals surface area contributed by atoms with E-state index in [9.17, 15) is 5.11 Å². The average molecular weight is 251 g/mol. The first-order chi connectivity index (χ1) is 8.77. The SMILES string of the molecule is OCCc1c(O)cccc1N1CCCC1CCO. The van der Waals surface area contributed by atoms with E-state index < -0.39 is 0 Å². The molecule has 0 spiro atoms. The van der Waals surface area contributed by atoms with E-state index in [0.717, 1.165) is 37.1 Å². The van der Waals surface area contributed by atoms with E-state index in [-0.39, 0.29) is 19.0 Å². The lowest BCUT2D eigenvalue weighted by atomic mass is 10.1. The van der Waals surface area contributed by atoms with Crippen LogP contribution in [0.4, 0.5) is 5.69 Å². The summed E-state index contributed by atoms with van der Waals surface area (Å²) >= 11 is 0. The Labute approximate surface area is 107 Å². The molecule has 0 bridgehead atoms. The van der Waals surface area contributed by atoms with Gasteiger partial charge in [-0.3, -0.25) is 0 Å². The van der Waals surface area contributed by atoms with Gasteiger partial charge < -0.3 is 20.2 Å². The molecule has 4 heteroatoms. The van der Waals surface area contributed by atoms with Crippen molar-refractivity contribution >= 4 is 5.69 Å². The van der Waals surface area contributed by atoms with E-state index >= 15 is 0 Å². The molecule has 0 saturated carbocycles. The molecule has 0 aromatic heterocycles. The van der Waals surface area contributed by atoms with Crippen LogP contribution < -0.4 is 4.90 Å². The number of hydrogen-bond donors (Lipinski definition) is 3.